The topological polar surface area (TPSA) is 336 Å². The second-order valence-electron chi connectivity index (χ2n) is 27.8. The van der Waals surface area contributed by atoms with E-state index in [4.69, 9.17) is 34.7 Å². The zero-order chi connectivity index (χ0) is 73.2. The molecule has 30 heteroatoms. The number of carbonyl (C=O) groups excluding carboxylic acids is 3. The van der Waals surface area contributed by atoms with E-state index in [1.54, 1.807) is 18.6 Å². The Hall–Kier alpha value is -11.8. The number of carbonyl (C=O) groups is 3. The van der Waals surface area contributed by atoms with Gasteiger partial charge in [0.1, 0.15) is 48.9 Å². The Morgan fingerprint density at radius 2 is 1.15 bits per heavy atom. The molecule has 9 heterocycles. The number of anilines is 3. The highest BCUT2D eigenvalue weighted by atomic mass is 16.6. The molecule has 2 aliphatic carbocycles. The lowest BCUT2D eigenvalue weighted by molar-refractivity contribution is 0.0921. The van der Waals surface area contributed by atoms with Gasteiger partial charge in [-0.1, -0.05) is 32.0 Å². The predicted octanol–water partition coefficient (Wildman–Crippen LogP) is 9.04. The maximum absolute atomic E-state index is 14.6. The van der Waals surface area contributed by atoms with Gasteiger partial charge in [0.15, 0.2) is 46.4 Å². The zero-order valence-corrected chi connectivity index (χ0v) is 60.6. The summed E-state index contributed by atoms with van der Waals surface area (Å²) in [4.78, 5) is 71.6. The summed E-state index contributed by atoms with van der Waals surface area (Å²) in [5.74, 6) is 7.50. The quantitative estimate of drug-likeness (QED) is 0.0202. The number of hydrogen-bond acceptors (Lipinski definition) is 22. The van der Waals surface area contributed by atoms with Crippen LogP contribution in [0.1, 0.15) is 154 Å². The van der Waals surface area contributed by atoms with E-state index >= 15 is 0 Å². The van der Waals surface area contributed by atoms with Gasteiger partial charge >= 0.3 is 0 Å². The van der Waals surface area contributed by atoms with Crippen molar-refractivity contribution in [1.29, 1.82) is 0 Å². The lowest BCUT2D eigenvalue weighted by atomic mass is 10.1. The van der Waals surface area contributed by atoms with Gasteiger partial charge in [-0.2, -0.15) is 0 Å². The van der Waals surface area contributed by atoms with E-state index in [0.29, 0.717) is 110 Å². The van der Waals surface area contributed by atoms with Crippen LogP contribution in [0.5, 0.6) is 11.5 Å². The van der Waals surface area contributed by atoms with Crippen LogP contribution in [-0.4, -0.2) is 139 Å². The van der Waals surface area contributed by atoms with Crippen LogP contribution in [0.25, 0.3) is 23.0 Å². The van der Waals surface area contributed by atoms with E-state index < -0.39 is 0 Å². The van der Waals surface area contributed by atoms with Crippen LogP contribution in [0.3, 0.4) is 0 Å². The molecule has 3 fully saturated rings. The molecule has 2 aliphatic heterocycles. The Morgan fingerprint density at radius 3 is 1.75 bits per heavy atom. The molecule has 0 bridgehead atoms. The average molecular weight is 1440 g/mol. The first kappa shape index (κ1) is 70.9. The fraction of sp³-hybridized carbons (Fsp3) is 0.390. The van der Waals surface area contributed by atoms with Gasteiger partial charge in [-0.25, -0.2) is 29.9 Å². The second kappa shape index (κ2) is 32.7. The van der Waals surface area contributed by atoms with Crippen molar-refractivity contribution in [3.63, 3.8) is 0 Å². The molecule has 107 heavy (non-hydrogen) atoms. The highest BCUT2D eigenvalue weighted by Gasteiger charge is 2.47. The molecule has 4 aliphatic rings. The fourth-order valence-corrected chi connectivity index (χ4v) is 14.5. The third kappa shape index (κ3) is 16.5. The first-order valence-corrected chi connectivity index (χ1v) is 37.0. The summed E-state index contributed by atoms with van der Waals surface area (Å²) in [6.45, 7) is 13.8. The minimum absolute atomic E-state index is 0.0146. The van der Waals surface area contributed by atoms with Gasteiger partial charge in [-0.3, -0.25) is 19.3 Å². The summed E-state index contributed by atoms with van der Waals surface area (Å²) < 4.78 is 22.1. The van der Waals surface area contributed by atoms with Gasteiger partial charge in [0.25, 0.3) is 17.7 Å². The van der Waals surface area contributed by atoms with Crippen molar-refractivity contribution < 1.29 is 23.9 Å². The van der Waals surface area contributed by atoms with Crippen molar-refractivity contribution in [2.45, 2.75) is 136 Å². The van der Waals surface area contributed by atoms with Gasteiger partial charge < -0.3 is 69.5 Å². The Labute approximate surface area is 619 Å². The standard InChI is InChI=1S/C77H89N25O5/c1-5-27-100-65(91-94-70(100)60-19-22-78-46-87-60)42-83-57-15-8-12-52(37-57)76(104)89-68(50-17-18-50)74-82-26-32-98(74)45-55-39-59(55)69(73-81-25-31-97(73)4)90-77(105)53-13-9-16-58(38-53)85-44-67-92-95-71(61-20-23-79-47-88-61)102(67)30-10-29-99-48-80-24-21-62(99)72-96-93-66(101(72)28-6-2)43-84-56-14-7-11-51(36-56)75(103)86-41-54-40-64-63(35-49(54)3)106-33-34-107-64/h7-9,11-16,19-20,22-23,25-26,31-32,35-38,40,46-47,50,55,59,62,68-69,80,83-85H,5-6,10,17-18,21,24,27-30,33-34,39,41-45,48H2,1-4H3,(H,86,103)(H,89,104)(H,90,105)/t55?,59?,62?,68-,69+/m0/s1. The summed E-state index contributed by atoms with van der Waals surface area (Å²) in [5, 5.41) is 52.0. The molecule has 0 spiro atoms. The molecule has 15 rings (SSSR count). The van der Waals surface area contributed by atoms with E-state index in [2.05, 4.69) is 109 Å². The summed E-state index contributed by atoms with van der Waals surface area (Å²) in [5.41, 5.74) is 7.24. The molecule has 3 amide bonds. The van der Waals surface area contributed by atoms with Crippen LogP contribution in [0.4, 0.5) is 17.1 Å². The molecule has 7 N–H and O–H groups in total. The molecule has 5 atom stereocenters. The first-order chi connectivity index (χ1) is 52.5. The van der Waals surface area contributed by atoms with Gasteiger partial charge in [-0.05, 0) is 166 Å². The van der Waals surface area contributed by atoms with E-state index in [9.17, 15) is 14.4 Å². The normalized spacial score (nSPS) is 16.7. The van der Waals surface area contributed by atoms with Gasteiger partial charge in [0, 0.05) is 124 Å². The minimum Gasteiger partial charge on any atom is -0.486 e. The minimum atomic E-state index is -0.378. The molecule has 1 saturated heterocycles. The highest BCUT2D eigenvalue weighted by Crippen LogP contribution is 2.49. The van der Waals surface area contributed by atoms with Crippen LogP contribution >= 0.6 is 0 Å². The lowest BCUT2D eigenvalue weighted by Crippen LogP contribution is -2.45. The number of nitrogens with one attached hydrogen (secondary N) is 7. The fourth-order valence-electron chi connectivity index (χ4n) is 14.5. The molecular weight excluding hydrogens is 1360 g/mol. The van der Waals surface area contributed by atoms with Crippen molar-refractivity contribution in [3.05, 3.63) is 210 Å². The number of aryl methyl sites for hydroxylation is 2. The molecule has 3 unspecified atom stereocenters. The van der Waals surface area contributed by atoms with Gasteiger partial charge in [-0.15, -0.1) is 30.6 Å². The van der Waals surface area contributed by atoms with E-state index in [1.807, 2.05) is 134 Å². The zero-order valence-electron chi connectivity index (χ0n) is 60.6. The monoisotopic (exact) mass is 1440 g/mol. The van der Waals surface area contributed by atoms with Crippen molar-refractivity contribution in [1.82, 2.24) is 109 Å². The summed E-state index contributed by atoms with van der Waals surface area (Å²) >= 11 is 0. The Bertz CT molecular complexity index is 4890. The SMILES string of the molecule is CCCn1c(CNc2cccc(C(=O)N[C@H](c3nccn3CC3CC3[C@@H](NC(=O)c3cccc(NCc4nnc(-c5ccncn5)n4CCCN4CNCCC4c4nnc(CNc5cccc(C(=O)NCc6cc7c(cc6C)OCCO7)c5)n4CCC)c3)c3nccn3C)C3CC3)c2)nnc1-c1ccncn1. The smallest absolute Gasteiger partial charge is 0.251 e. The van der Waals surface area contributed by atoms with E-state index in [0.717, 1.165) is 134 Å². The van der Waals surface area contributed by atoms with Crippen molar-refractivity contribution in [3.8, 4) is 34.5 Å². The van der Waals surface area contributed by atoms with Crippen molar-refractivity contribution in [2.75, 3.05) is 48.9 Å². The Kier molecular flexibility index (Phi) is 21.7. The Balaban J connectivity index is 0.566. The summed E-state index contributed by atoms with van der Waals surface area (Å²) in [7, 11) is 1.96. The van der Waals surface area contributed by atoms with Crippen LogP contribution in [0, 0.1) is 24.7 Å². The maximum Gasteiger partial charge on any atom is 0.251 e. The molecule has 11 aromatic rings. The van der Waals surface area contributed by atoms with Gasteiger partial charge in [0.2, 0.25) is 0 Å². The molecule has 552 valence electrons. The van der Waals surface area contributed by atoms with Crippen molar-refractivity contribution >= 4 is 34.8 Å². The molecule has 2 saturated carbocycles. The maximum atomic E-state index is 14.6. The summed E-state index contributed by atoms with van der Waals surface area (Å²) in [6, 6.07) is 29.5. The molecule has 30 nitrogen and oxygen atoms in total. The first-order valence-electron chi connectivity index (χ1n) is 37.0. The second-order valence-corrected chi connectivity index (χ2v) is 27.8. The van der Waals surface area contributed by atoms with Crippen LogP contribution in [-0.2, 0) is 59.4 Å². The van der Waals surface area contributed by atoms with E-state index in [-0.39, 0.29) is 53.6 Å². The van der Waals surface area contributed by atoms with Gasteiger partial charge in [0.05, 0.1) is 37.8 Å². The number of nitrogens with zero attached hydrogens (tertiary/aromatic N) is 18. The third-order valence-electron chi connectivity index (χ3n) is 20.3. The number of aromatic nitrogens is 17. The Morgan fingerprint density at radius 1 is 0.579 bits per heavy atom. The number of hydrogen-bond donors (Lipinski definition) is 7. The highest BCUT2D eigenvalue weighted by molar-refractivity contribution is 5.96. The average Bonchev–Trinajstić information content (AvgIpc) is 1.65. The number of amides is 3. The number of fused-ring (bicyclic) bond motifs is 1. The number of benzene rings is 4. The number of imidazole rings is 2. The third-order valence-corrected chi connectivity index (χ3v) is 20.3. The van der Waals surface area contributed by atoms with Crippen molar-refractivity contribution in [2.24, 2.45) is 24.8 Å². The molecule has 7 aromatic heterocycles. The largest absolute Gasteiger partial charge is 0.486 e. The van der Waals surface area contributed by atoms with Crippen LogP contribution in [0.2, 0.25) is 0 Å². The predicted molar refractivity (Wildman–Crippen MR) is 399 cm³/mol. The van der Waals surface area contributed by atoms with Crippen LogP contribution in [0.15, 0.2) is 147 Å². The van der Waals surface area contributed by atoms with Crippen LogP contribution < -0.4 is 46.7 Å². The molecule has 4 aromatic carbocycles. The molecule has 0 radical (unpaired) electrons. The van der Waals surface area contributed by atoms with E-state index in [1.165, 1.54) is 12.7 Å². The number of ether oxygens (including phenoxy) is 2. The summed E-state index contributed by atoms with van der Waals surface area (Å²) in [6.07, 6.45) is 20.1. The molecular formula is C77H89N25O5. The lowest BCUT2D eigenvalue weighted by Gasteiger charge is -2.35. The number of rotatable bonds is 33.